The Hall–Kier alpha value is -2.60. The van der Waals surface area contributed by atoms with E-state index >= 15 is 0 Å². The van der Waals surface area contributed by atoms with E-state index in [9.17, 15) is 4.79 Å². The van der Waals surface area contributed by atoms with Gasteiger partial charge in [-0.15, -0.1) is 0 Å². The first-order valence-corrected chi connectivity index (χ1v) is 8.79. The number of likely N-dealkylation sites (tertiary alicyclic amines) is 1. The van der Waals surface area contributed by atoms with Gasteiger partial charge in [-0.2, -0.15) is 5.10 Å². The van der Waals surface area contributed by atoms with E-state index in [1.807, 2.05) is 6.07 Å². The van der Waals surface area contributed by atoms with Crippen molar-refractivity contribution in [3.05, 3.63) is 54.5 Å². The molecule has 0 spiro atoms. The van der Waals surface area contributed by atoms with Crippen molar-refractivity contribution in [1.29, 1.82) is 0 Å². The van der Waals surface area contributed by atoms with Gasteiger partial charge in [-0.05, 0) is 42.5 Å². The summed E-state index contributed by atoms with van der Waals surface area (Å²) in [7, 11) is 0. The number of aromatic amines is 1. The van der Waals surface area contributed by atoms with Crippen LogP contribution in [0.3, 0.4) is 0 Å². The standard InChI is InChI=1S/C19H23N5O/c25-19(14-24-8-3-7-21-24)20-11-15-6-9-23(12-15)13-17-10-16-4-1-2-5-18(16)22-17/h1-5,7-8,10,15,22H,6,9,11-14H2,(H,20,25)/t15-/m0/s1. The van der Waals surface area contributed by atoms with Crippen molar-refractivity contribution in [2.24, 2.45) is 5.92 Å². The topological polar surface area (TPSA) is 66.0 Å². The maximum Gasteiger partial charge on any atom is 0.241 e. The van der Waals surface area contributed by atoms with Crippen molar-refractivity contribution < 1.29 is 4.79 Å². The van der Waals surface area contributed by atoms with Crippen molar-refractivity contribution in [2.45, 2.75) is 19.5 Å². The molecule has 1 aliphatic heterocycles. The molecule has 2 N–H and O–H groups in total. The minimum Gasteiger partial charge on any atom is -0.357 e. The molecule has 3 heterocycles. The molecular formula is C19H23N5O. The fraction of sp³-hybridized carbons (Fsp3) is 0.368. The van der Waals surface area contributed by atoms with Crippen LogP contribution in [0.4, 0.5) is 0 Å². The molecule has 0 aliphatic carbocycles. The number of nitrogens with one attached hydrogen (secondary N) is 2. The molecule has 6 nitrogen and oxygen atoms in total. The third-order valence-electron chi connectivity index (χ3n) is 4.80. The van der Waals surface area contributed by atoms with Crippen LogP contribution in [0.2, 0.25) is 0 Å². The molecule has 0 radical (unpaired) electrons. The predicted molar refractivity (Wildman–Crippen MR) is 96.9 cm³/mol. The molecule has 1 fully saturated rings. The highest BCUT2D eigenvalue weighted by atomic mass is 16.2. The molecule has 4 rings (SSSR count). The van der Waals surface area contributed by atoms with Crippen molar-refractivity contribution in [3.63, 3.8) is 0 Å². The van der Waals surface area contributed by atoms with E-state index in [4.69, 9.17) is 0 Å². The summed E-state index contributed by atoms with van der Waals surface area (Å²) in [6.07, 6.45) is 4.62. The Bertz CT molecular complexity index is 806. The zero-order valence-electron chi connectivity index (χ0n) is 14.2. The Balaban J connectivity index is 1.24. The number of carbonyl (C=O) groups excluding carboxylic acids is 1. The number of aromatic nitrogens is 3. The van der Waals surface area contributed by atoms with E-state index in [1.165, 1.54) is 16.6 Å². The van der Waals surface area contributed by atoms with Crippen molar-refractivity contribution in [2.75, 3.05) is 19.6 Å². The molecule has 0 unspecified atom stereocenters. The average Bonchev–Trinajstić information content (AvgIpc) is 3.33. The predicted octanol–water partition coefficient (Wildman–Crippen LogP) is 2.00. The first-order valence-electron chi connectivity index (χ1n) is 8.79. The maximum absolute atomic E-state index is 11.9. The number of para-hydroxylation sites is 1. The van der Waals surface area contributed by atoms with E-state index in [2.05, 4.69) is 50.6 Å². The molecule has 1 aliphatic rings. The van der Waals surface area contributed by atoms with Crippen LogP contribution >= 0.6 is 0 Å². The quantitative estimate of drug-likeness (QED) is 0.723. The summed E-state index contributed by atoms with van der Waals surface area (Å²) in [6.45, 7) is 4.07. The van der Waals surface area contributed by atoms with Crippen molar-refractivity contribution >= 4 is 16.8 Å². The number of nitrogens with zero attached hydrogens (tertiary/aromatic N) is 3. The number of benzene rings is 1. The SMILES string of the molecule is O=C(Cn1cccn1)NC[C@@H]1CCN(Cc2cc3ccccc3[nH]2)C1. The fourth-order valence-corrected chi connectivity index (χ4v) is 3.54. The minimum absolute atomic E-state index is 0.0257. The van der Waals surface area contributed by atoms with Gasteiger partial charge in [0, 0.05) is 43.2 Å². The number of hydrogen-bond donors (Lipinski definition) is 2. The van der Waals surface area contributed by atoms with Gasteiger partial charge in [0.1, 0.15) is 6.54 Å². The van der Waals surface area contributed by atoms with Crippen LogP contribution in [-0.2, 0) is 17.9 Å². The molecule has 1 atom stereocenters. The summed E-state index contributed by atoms with van der Waals surface area (Å²) in [5.74, 6) is 0.545. The van der Waals surface area contributed by atoms with E-state index in [-0.39, 0.29) is 5.91 Å². The maximum atomic E-state index is 11.9. The first-order chi connectivity index (χ1) is 12.3. The third kappa shape index (κ3) is 3.91. The average molecular weight is 337 g/mol. The minimum atomic E-state index is 0.0257. The lowest BCUT2D eigenvalue weighted by atomic mass is 10.1. The molecule has 2 aromatic heterocycles. The summed E-state index contributed by atoms with van der Waals surface area (Å²) in [4.78, 5) is 17.9. The van der Waals surface area contributed by atoms with Gasteiger partial charge in [0.05, 0.1) is 0 Å². The highest BCUT2D eigenvalue weighted by molar-refractivity contribution is 5.80. The van der Waals surface area contributed by atoms with E-state index < -0.39 is 0 Å². The lowest BCUT2D eigenvalue weighted by molar-refractivity contribution is -0.122. The Morgan fingerprint density at radius 1 is 1.32 bits per heavy atom. The van der Waals surface area contributed by atoms with E-state index in [0.29, 0.717) is 12.5 Å². The highest BCUT2D eigenvalue weighted by Gasteiger charge is 2.23. The molecule has 0 bridgehead atoms. The highest BCUT2D eigenvalue weighted by Crippen LogP contribution is 2.20. The van der Waals surface area contributed by atoms with Crippen molar-refractivity contribution in [3.8, 4) is 0 Å². The molecule has 1 aromatic carbocycles. The van der Waals surface area contributed by atoms with Crippen LogP contribution in [0.1, 0.15) is 12.1 Å². The first kappa shape index (κ1) is 15.9. The molecule has 0 saturated carbocycles. The Kier molecular flexibility index (Phi) is 4.52. The largest absolute Gasteiger partial charge is 0.357 e. The zero-order valence-corrected chi connectivity index (χ0v) is 14.2. The second kappa shape index (κ2) is 7.11. The number of amides is 1. The van der Waals surface area contributed by atoms with Gasteiger partial charge in [0.2, 0.25) is 5.91 Å². The molecule has 3 aromatic rings. The van der Waals surface area contributed by atoms with Crippen LogP contribution in [0.15, 0.2) is 48.8 Å². The summed E-state index contributed by atoms with van der Waals surface area (Å²) < 4.78 is 1.65. The lowest BCUT2D eigenvalue weighted by Gasteiger charge is -2.15. The Morgan fingerprint density at radius 2 is 2.24 bits per heavy atom. The van der Waals surface area contributed by atoms with Crippen LogP contribution in [0, 0.1) is 5.92 Å². The number of H-pyrrole nitrogens is 1. The molecule has 1 saturated heterocycles. The molecule has 130 valence electrons. The molecule has 1 amide bonds. The van der Waals surface area contributed by atoms with Gasteiger partial charge in [0.25, 0.3) is 0 Å². The molecule has 6 heteroatoms. The van der Waals surface area contributed by atoms with Crippen molar-refractivity contribution in [1.82, 2.24) is 25.0 Å². The van der Waals surface area contributed by atoms with Crippen LogP contribution in [0.25, 0.3) is 10.9 Å². The fourth-order valence-electron chi connectivity index (χ4n) is 3.54. The van der Waals surface area contributed by atoms with Gasteiger partial charge in [-0.25, -0.2) is 0 Å². The van der Waals surface area contributed by atoms with E-state index in [1.54, 1.807) is 17.1 Å². The lowest BCUT2D eigenvalue weighted by Crippen LogP contribution is -2.33. The summed E-state index contributed by atoms with van der Waals surface area (Å²) in [5, 5.41) is 8.35. The summed E-state index contributed by atoms with van der Waals surface area (Å²) >= 11 is 0. The van der Waals surface area contributed by atoms with Gasteiger partial charge < -0.3 is 10.3 Å². The number of rotatable bonds is 6. The molecular weight excluding hydrogens is 314 g/mol. The number of fused-ring (bicyclic) bond motifs is 1. The molecule has 25 heavy (non-hydrogen) atoms. The van der Waals surface area contributed by atoms with E-state index in [0.717, 1.165) is 32.6 Å². The van der Waals surface area contributed by atoms with Gasteiger partial charge >= 0.3 is 0 Å². The third-order valence-corrected chi connectivity index (χ3v) is 4.80. The van der Waals surface area contributed by atoms with Gasteiger partial charge in [-0.3, -0.25) is 14.4 Å². The number of carbonyl (C=O) groups is 1. The normalized spacial score (nSPS) is 18.0. The zero-order chi connectivity index (χ0) is 17.1. The Morgan fingerprint density at radius 3 is 3.08 bits per heavy atom. The Labute approximate surface area is 146 Å². The second-order valence-electron chi connectivity index (χ2n) is 6.78. The monoisotopic (exact) mass is 337 g/mol. The van der Waals surface area contributed by atoms with Crippen LogP contribution in [0.5, 0.6) is 0 Å². The second-order valence-corrected chi connectivity index (χ2v) is 6.78. The summed E-state index contributed by atoms with van der Waals surface area (Å²) in [5.41, 5.74) is 2.45. The summed E-state index contributed by atoms with van der Waals surface area (Å²) in [6, 6.07) is 12.4. The smallest absolute Gasteiger partial charge is 0.241 e. The van der Waals surface area contributed by atoms with Gasteiger partial charge in [0.15, 0.2) is 0 Å². The number of hydrogen-bond acceptors (Lipinski definition) is 3. The van der Waals surface area contributed by atoms with Crippen LogP contribution < -0.4 is 5.32 Å². The van der Waals surface area contributed by atoms with Gasteiger partial charge in [-0.1, -0.05) is 18.2 Å². The van der Waals surface area contributed by atoms with Crippen LogP contribution in [-0.4, -0.2) is 45.2 Å².